The number of hydrogen-bond acceptors (Lipinski definition) is 3. The van der Waals surface area contributed by atoms with E-state index >= 15 is 0 Å². The van der Waals surface area contributed by atoms with Crippen LogP contribution < -0.4 is 10.2 Å². The number of anilines is 2. The van der Waals surface area contributed by atoms with Crippen molar-refractivity contribution in [3.63, 3.8) is 0 Å². The van der Waals surface area contributed by atoms with E-state index in [1.807, 2.05) is 42.1 Å². The summed E-state index contributed by atoms with van der Waals surface area (Å²) in [6, 6.07) is 5.92. The molecule has 2 amide bonds. The molecule has 0 unspecified atom stereocenters. The van der Waals surface area contributed by atoms with Gasteiger partial charge in [0.05, 0.1) is 0 Å². The molecule has 1 N–H and O–H groups in total. The van der Waals surface area contributed by atoms with Crippen LogP contribution in [-0.4, -0.2) is 37.4 Å². The molecule has 1 fully saturated rings. The summed E-state index contributed by atoms with van der Waals surface area (Å²) in [6.07, 6.45) is 2.90. The van der Waals surface area contributed by atoms with E-state index < -0.39 is 0 Å². The minimum absolute atomic E-state index is 0.0731. The van der Waals surface area contributed by atoms with Crippen LogP contribution in [0.15, 0.2) is 18.2 Å². The maximum absolute atomic E-state index is 12.0. The van der Waals surface area contributed by atoms with E-state index in [4.69, 9.17) is 0 Å². The lowest BCUT2D eigenvalue weighted by Crippen LogP contribution is -2.29. The Morgan fingerprint density at radius 2 is 1.96 bits per heavy atom. The quantitative estimate of drug-likeness (QED) is 0.841. The molecule has 0 aromatic heterocycles. The van der Waals surface area contributed by atoms with Crippen molar-refractivity contribution in [2.24, 2.45) is 5.92 Å². The minimum atomic E-state index is 0.0731. The summed E-state index contributed by atoms with van der Waals surface area (Å²) in [5.74, 6) is 0.357. The highest BCUT2D eigenvalue weighted by molar-refractivity contribution is 5.94. The fourth-order valence-electron chi connectivity index (χ4n) is 2.64. The summed E-state index contributed by atoms with van der Waals surface area (Å²) in [7, 11) is 3.97. The second kappa shape index (κ2) is 7.49. The zero-order chi connectivity index (χ0) is 17.0. The van der Waals surface area contributed by atoms with Crippen molar-refractivity contribution >= 4 is 23.2 Å². The monoisotopic (exact) mass is 317 g/mol. The third-order valence-corrected chi connectivity index (χ3v) is 4.08. The van der Waals surface area contributed by atoms with Gasteiger partial charge in [-0.25, -0.2) is 0 Å². The molecule has 0 saturated heterocycles. The first-order chi connectivity index (χ1) is 10.9. The van der Waals surface area contributed by atoms with E-state index in [2.05, 4.69) is 12.2 Å². The van der Waals surface area contributed by atoms with Crippen LogP contribution in [0, 0.1) is 5.92 Å². The molecule has 1 aromatic carbocycles. The Morgan fingerprint density at radius 3 is 2.48 bits per heavy atom. The molecule has 0 atom stereocenters. The fourth-order valence-corrected chi connectivity index (χ4v) is 2.64. The summed E-state index contributed by atoms with van der Waals surface area (Å²) in [4.78, 5) is 27.6. The number of rotatable bonds is 7. The standard InChI is InChI=1S/C18H27N3O2/c1-5-10-21(13(2)22)12-15-11-16(8-9-17(15)20(3)4)19-18(23)14-6-7-14/h8-9,11,14H,5-7,10,12H2,1-4H3,(H,19,23). The first kappa shape index (κ1) is 17.3. The lowest BCUT2D eigenvalue weighted by Gasteiger charge is -2.25. The van der Waals surface area contributed by atoms with Gasteiger partial charge in [0.15, 0.2) is 0 Å². The highest BCUT2D eigenvalue weighted by Gasteiger charge is 2.29. The van der Waals surface area contributed by atoms with Crippen molar-refractivity contribution in [1.82, 2.24) is 4.90 Å². The van der Waals surface area contributed by atoms with Crippen LogP contribution in [0.2, 0.25) is 0 Å². The molecule has 5 heteroatoms. The highest BCUT2D eigenvalue weighted by Crippen LogP contribution is 2.31. The van der Waals surface area contributed by atoms with Crippen molar-refractivity contribution in [2.45, 2.75) is 39.7 Å². The van der Waals surface area contributed by atoms with Crippen LogP contribution in [0.25, 0.3) is 0 Å². The topological polar surface area (TPSA) is 52.7 Å². The van der Waals surface area contributed by atoms with Gasteiger partial charge in [-0.3, -0.25) is 9.59 Å². The number of benzene rings is 1. The molecule has 23 heavy (non-hydrogen) atoms. The van der Waals surface area contributed by atoms with Gasteiger partial charge >= 0.3 is 0 Å². The number of carbonyl (C=O) groups is 2. The normalized spacial score (nSPS) is 13.6. The molecule has 0 aliphatic heterocycles. The van der Waals surface area contributed by atoms with Gasteiger partial charge in [0.2, 0.25) is 11.8 Å². The molecule has 126 valence electrons. The molecule has 1 aliphatic rings. The van der Waals surface area contributed by atoms with E-state index in [1.165, 1.54) is 0 Å². The van der Waals surface area contributed by atoms with E-state index in [0.717, 1.165) is 42.7 Å². The van der Waals surface area contributed by atoms with Crippen LogP contribution in [0.3, 0.4) is 0 Å². The Kier molecular flexibility index (Phi) is 5.64. The number of carbonyl (C=O) groups excluding carboxylic acids is 2. The third-order valence-electron chi connectivity index (χ3n) is 4.08. The summed E-state index contributed by atoms with van der Waals surface area (Å²) < 4.78 is 0. The van der Waals surface area contributed by atoms with Gasteiger partial charge in [0.1, 0.15) is 0 Å². The van der Waals surface area contributed by atoms with E-state index in [9.17, 15) is 9.59 Å². The number of amides is 2. The average Bonchev–Trinajstić information content (AvgIpc) is 3.31. The molecule has 0 heterocycles. The van der Waals surface area contributed by atoms with E-state index in [1.54, 1.807) is 6.92 Å². The average molecular weight is 317 g/mol. The Labute approximate surface area is 138 Å². The summed E-state index contributed by atoms with van der Waals surface area (Å²) in [6.45, 7) is 4.96. The van der Waals surface area contributed by atoms with E-state index in [-0.39, 0.29) is 17.7 Å². The van der Waals surface area contributed by atoms with Crippen molar-refractivity contribution in [3.05, 3.63) is 23.8 Å². The van der Waals surface area contributed by atoms with Crippen LogP contribution in [-0.2, 0) is 16.1 Å². The largest absolute Gasteiger partial charge is 0.377 e. The van der Waals surface area contributed by atoms with Gasteiger partial charge in [-0.2, -0.15) is 0 Å². The smallest absolute Gasteiger partial charge is 0.227 e. The second-order valence-corrected chi connectivity index (χ2v) is 6.44. The lowest BCUT2D eigenvalue weighted by molar-refractivity contribution is -0.129. The van der Waals surface area contributed by atoms with Crippen molar-refractivity contribution in [3.8, 4) is 0 Å². The summed E-state index contributed by atoms with van der Waals surface area (Å²) in [5, 5.41) is 2.98. The molecular weight excluding hydrogens is 290 g/mol. The molecule has 5 nitrogen and oxygen atoms in total. The van der Waals surface area contributed by atoms with Crippen LogP contribution in [0.1, 0.15) is 38.7 Å². The fraction of sp³-hybridized carbons (Fsp3) is 0.556. The van der Waals surface area contributed by atoms with Gasteiger partial charge in [0, 0.05) is 51.4 Å². The second-order valence-electron chi connectivity index (χ2n) is 6.44. The Hall–Kier alpha value is -2.04. The first-order valence-corrected chi connectivity index (χ1v) is 8.29. The van der Waals surface area contributed by atoms with Gasteiger partial charge in [0.25, 0.3) is 0 Å². The zero-order valence-corrected chi connectivity index (χ0v) is 14.6. The predicted octanol–water partition coefficient (Wildman–Crippen LogP) is 2.86. The molecule has 1 aromatic rings. The Bertz CT molecular complexity index is 580. The Balaban J connectivity index is 2.21. The number of nitrogens with zero attached hydrogens (tertiary/aromatic N) is 2. The Morgan fingerprint density at radius 1 is 1.26 bits per heavy atom. The molecule has 0 radical (unpaired) electrons. The van der Waals surface area contributed by atoms with Crippen molar-refractivity contribution in [2.75, 3.05) is 30.9 Å². The molecule has 2 rings (SSSR count). The maximum Gasteiger partial charge on any atom is 0.227 e. The minimum Gasteiger partial charge on any atom is -0.377 e. The molecule has 1 saturated carbocycles. The predicted molar refractivity (Wildman–Crippen MR) is 93.5 cm³/mol. The van der Waals surface area contributed by atoms with Gasteiger partial charge in [-0.15, -0.1) is 0 Å². The van der Waals surface area contributed by atoms with Gasteiger partial charge < -0.3 is 15.1 Å². The maximum atomic E-state index is 12.0. The number of nitrogens with one attached hydrogen (secondary N) is 1. The zero-order valence-electron chi connectivity index (χ0n) is 14.6. The molecular formula is C18H27N3O2. The molecule has 0 bridgehead atoms. The van der Waals surface area contributed by atoms with E-state index in [0.29, 0.717) is 6.54 Å². The summed E-state index contributed by atoms with van der Waals surface area (Å²) >= 11 is 0. The van der Waals surface area contributed by atoms with Gasteiger partial charge in [-0.1, -0.05) is 6.92 Å². The third kappa shape index (κ3) is 4.71. The SMILES string of the molecule is CCCN(Cc1cc(NC(=O)C2CC2)ccc1N(C)C)C(C)=O. The van der Waals surface area contributed by atoms with Gasteiger partial charge in [-0.05, 0) is 43.0 Å². The van der Waals surface area contributed by atoms with Crippen LogP contribution in [0.4, 0.5) is 11.4 Å². The van der Waals surface area contributed by atoms with Crippen molar-refractivity contribution in [1.29, 1.82) is 0 Å². The molecule has 1 aliphatic carbocycles. The first-order valence-electron chi connectivity index (χ1n) is 8.29. The lowest BCUT2D eigenvalue weighted by atomic mass is 10.1. The molecule has 0 spiro atoms. The van der Waals surface area contributed by atoms with Crippen LogP contribution in [0.5, 0.6) is 0 Å². The number of hydrogen-bond donors (Lipinski definition) is 1. The van der Waals surface area contributed by atoms with Crippen molar-refractivity contribution < 1.29 is 9.59 Å². The highest BCUT2D eigenvalue weighted by atomic mass is 16.2. The van der Waals surface area contributed by atoms with Crippen LogP contribution >= 0.6 is 0 Å². The summed E-state index contributed by atoms with van der Waals surface area (Å²) in [5.41, 5.74) is 2.92.